The number of hydrogen-bond donors (Lipinski definition) is 5. The number of esters is 1. The zero-order valence-electron chi connectivity index (χ0n) is 19.0. The lowest BCUT2D eigenvalue weighted by atomic mass is 9.59. The first kappa shape index (κ1) is 24.5. The van der Waals surface area contributed by atoms with Crippen LogP contribution in [0.25, 0.3) is 0 Å². The first-order valence-electron chi connectivity index (χ1n) is 11.2. The van der Waals surface area contributed by atoms with Gasteiger partial charge in [-0.1, -0.05) is 29.8 Å². The summed E-state index contributed by atoms with van der Waals surface area (Å²) in [6.07, 6.45) is -1.98. The van der Waals surface area contributed by atoms with Gasteiger partial charge in [-0.2, -0.15) is 0 Å². The molecule has 3 aliphatic carbocycles. The van der Waals surface area contributed by atoms with Crippen LogP contribution in [0.15, 0.2) is 65.1 Å². The molecular formula is C26H20ClNO9. The number of aromatic hydroxyl groups is 1. The number of halogens is 1. The summed E-state index contributed by atoms with van der Waals surface area (Å²) in [7, 11) is 0. The van der Waals surface area contributed by atoms with E-state index >= 15 is 0 Å². The molecule has 10 nitrogen and oxygen atoms in total. The fourth-order valence-electron chi connectivity index (χ4n) is 5.49. The Balaban J connectivity index is 1.71. The van der Waals surface area contributed by atoms with Crippen molar-refractivity contribution in [3.63, 3.8) is 0 Å². The fraction of sp³-hybridized carbons (Fsp3) is 0.231. The molecule has 0 spiro atoms. The van der Waals surface area contributed by atoms with E-state index in [2.05, 4.69) is 0 Å². The molecule has 0 aliphatic heterocycles. The molecule has 11 heteroatoms. The molecule has 0 fully saturated rings. The highest BCUT2D eigenvalue weighted by Crippen LogP contribution is 2.56. The molecule has 5 rings (SSSR count). The Kier molecular flexibility index (Phi) is 5.61. The Labute approximate surface area is 214 Å². The van der Waals surface area contributed by atoms with Gasteiger partial charge in [0.1, 0.15) is 28.9 Å². The Bertz CT molecular complexity index is 1460. The Hall–Kier alpha value is -4.15. The first-order valence-corrected chi connectivity index (χ1v) is 11.6. The highest BCUT2D eigenvalue weighted by molar-refractivity contribution is 6.33. The number of aliphatic hydroxyl groups excluding tert-OH is 2. The molecule has 3 aliphatic rings. The van der Waals surface area contributed by atoms with Crippen LogP contribution < -0.4 is 5.73 Å². The third-order valence-electron chi connectivity index (χ3n) is 7.20. The van der Waals surface area contributed by atoms with Gasteiger partial charge in [-0.3, -0.25) is 14.4 Å². The molecule has 0 unspecified atom stereocenters. The molecule has 2 aromatic carbocycles. The number of aliphatic hydroxyl groups is 3. The van der Waals surface area contributed by atoms with Crippen LogP contribution in [0.1, 0.15) is 45.2 Å². The maximum atomic E-state index is 13.6. The van der Waals surface area contributed by atoms with Gasteiger partial charge in [0.25, 0.3) is 5.91 Å². The maximum absolute atomic E-state index is 13.6. The van der Waals surface area contributed by atoms with Crippen LogP contribution >= 0.6 is 11.6 Å². The van der Waals surface area contributed by atoms with E-state index < -0.39 is 81.8 Å². The number of rotatable bonds is 3. The largest absolute Gasteiger partial charge is 0.511 e. The minimum absolute atomic E-state index is 0.00247. The molecule has 0 heterocycles. The van der Waals surface area contributed by atoms with Crippen molar-refractivity contribution >= 4 is 35.0 Å². The number of nitrogens with two attached hydrogens (primary N) is 1. The zero-order valence-corrected chi connectivity index (χ0v) is 19.7. The maximum Gasteiger partial charge on any atom is 0.338 e. The number of phenolic OH excluding ortho intramolecular Hbond substituents is 1. The van der Waals surface area contributed by atoms with Crippen LogP contribution in [0.3, 0.4) is 0 Å². The minimum atomic E-state index is -2.75. The number of ketones is 2. The SMILES string of the molecule is NC(=O)C1=C(O)C[C@@H]2C[C@H]3C(=C(O)[C@]2(O)C1=O)C(=O)c1c(O)ccc(Cl)c1[C@H]3OC(=O)c1ccccc1. The lowest BCUT2D eigenvalue weighted by Crippen LogP contribution is -2.57. The third-order valence-corrected chi connectivity index (χ3v) is 7.53. The van der Waals surface area contributed by atoms with Crippen molar-refractivity contribution in [2.45, 2.75) is 24.5 Å². The van der Waals surface area contributed by atoms with Crippen LogP contribution in [0, 0.1) is 11.8 Å². The van der Waals surface area contributed by atoms with E-state index in [1.807, 2.05) is 0 Å². The summed E-state index contributed by atoms with van der Waals surface area (Å²) in [5.74, 6) is -8.98. The quantitative estimate of drug-likeness (QED) is 0.296. The number of primary amides is 1. The third kappa shape index (κ3) is 3.44. The predicted molar refractivity (Wildman–Crippen MR) is 127 cm³/mol. The minimum Gasteiger partial charge on any atom is -0.511 e. The van der Waals surface area contributed by atoms with Crippen LogP contribution in [0.4, 0.5) is 0 Å². The molecule has 6 N–H and O–H groups in total. The van der Waals surface area contributed by atoms with Crippen molar-refractivity contribution in [3.05, 3.63) is 86.8 Å². The summed E-state index contributed by atoms with van der Waals surface area (Å²) in [6.45, 7) is 0. The number of amides is 1. The number of carbonyl (C=O) groups is 4. The van der Waals surface area contributed by atoms with Gasteiger partial charge < -0.3 is 30.9 Å². The van der Waals surface area contributed by atoms with E-state index in [1.54, 1.807) is 18.2 Å². The molecule has 4 atom stereocenters. The smallest absolute Gasteiger partial charge is 0.338 e. The second-order valence-corrected chi connectivity index (χ2v) is 9.57. The van der Waals surface area contributed by atoms with Crippen LogP contribution in [-0.4, -0.2) is 49.5 Å². The van der Waals surface area contributed by atoms with E-state index in [4.69, 9.17) is 22.1 Å². The van der Waals surface area contributed by atoms with Crippen LogP contribution in [-0.2, 0) is 14.3 Å². The summed E-state index contributed by atoms with van der Waals surface area (Å²) in [6, 6.07) is 10.4. The number of benzene rings is 2. The van der Waals surface area contributed by atoms with Gasteiger partial charge in [-0.15, -0.1) is 0 Å². The number of fused-ring (bicyclic) bond motifs is 3. The normalized spacial score (nSPS) is 26.8. The number of ether oxygens (including phenoxy) is 1. The van der Waals surface area contributed by atoms with Crippen LogP contribution in [0.2, 0.25) is 5.02 Å². The zero-order chi connectivity index (χ0) is 26.8. The van der Waals surface area contributed by atoms with Crippen LogP contribution in [0.5, 0.6) is 5.75 Å². The first-order chi connectivity index (χ1) is 17.5. The molecule has 0 aromatic heterocycles. The summed E-state index contributed by atoms with van der Waals surface area (Å²) in [4.78, 5) is 51.5. The van der Waals surface area contributed by atoms with E-state index in [0.29, 0.717) is 0 Å². The lowest BCUT2D eigenvalue weighted by Gasteiger charge is -2.47. The van der Waals surface area contributed by atoms with E-state index in [9.17, 15) is 39.6 Å². The molecule has 37 heavy (non-hydrogen) atoms. The lowest BCUT2D eigenvalue weighted by molar-refractivity contribution is -0.145. The van der Waals surface area contributed by atoms with Crippen molar-refractivity contribution < 1.29 is 44.3 Å². The van der Waals surface area contributed by atoms with Gasteiger partial charge in [0, 0.05) is 34.4 Å². The molecule has 0 bridgehead atoms. The average Bonchev–Trinajstić information content (AvgIpc) is 2.85. The van der Waals surface area contributed by atoms with Gasteiger partial charge in [0.2, 0.25) is 5.78 Å². The fourth-order valence-corrected chi connectivity index (χ4v) is 5.75. The summed E-state index contributed by atoms with van der Waals surface area (Å²) in [5.41, 5.74) is 0.909. The van der Waals surface area contributed by atoms with Crippen molar-refractivity contribution in [1.82, 2.24) is 0 Å². The number of hydrogen-bond acceptors (Lipinski definition) is 9. The molecule has 0 saturated carbocycles. The molecule has 190 valence electrons. The highest BCUT2D eigenvalue weighted by atomic mass is 35.5. The monoisotopic (exact) mass is 525 g/mol. The van der Waals surface area contributed by atoms with Gasteiger partial charge in [0.05, 0.1) is 11.1 Å². The number of allylic oxidation sites excluding steroid dienone is 1. The number of carbonyl (C=O) groups excluding carboxylic acids is 4. The van der Waals surface area contributed by atoms with Crippen molar-refractivity contribution in [3.8, 4) is 5.75 Å². The van der Waals surface area contributed by atoms with Gasteiger partial charge in [-0.25, -0.2) is 4.79 Å². The number of Topliss-reactive ketones (excluding diaryl/α,β-unsaturated/α-hetero) is 2. The molecule has 0 radical (unpaired) electrons. The number of phenols is 1. The second-order valence-electron chi connectivity index (χ2n) is 9.16. The van der Waals surface area contributed by atoms with Crippen molar-refractivity contribution in [2.24, 2.45) is 17.6 Å². The summed E-state index contributed by atoms with van der Waals surface area (Å²) >= 11 is 6.40. The van der Waals surface area contributed by atoms with Crippen molar-refractivity contribution in [1.29, 1.82) is 0 Å². The summed E-state index contributed by atoms with van der Waals surface area (Å²) < 4.78 is 5.78. The Morgan fingerprint density at radius 1 is 1.05 bits per heavy atom. The Morgan fingerprint density at radius 2 is 1.73 bits per heavy atom. The van der Waals surface area contributed by atoms with Gasteiger partial charge >= 0.3 is 5.97 Å². The molecule has 0 saturated heterocycles. The summed E-state index contributed by atoms with van der Waals surface area (Å²) in [5, 5.41) is 43.5. The highest BCUT2D eigenvalue weighted by Gasteiger charge is 2.61. The molecular weight excluding hydrogens is 506 g/mol. The van der Waals surface area contributed by atoms with E-state index in [1.165, 1.54) is 18.2 Å². The van der Waals surface area contributed by atoms with E-state index in [-0.39, 0.29) is 28.1 Å². The predicted octanol–water partition coefficient (Wildman–Crippen LogP) is 2.59. The van der Waals surface area contributed by atoms with Gasteiger partial charge in [-0.05, 0) is 30.7 Å². The van der Waals surface area contributed by atoms with Crippen molar-refractivity contribution in [2.75, 3.05) is 0 Å². The van der Waals surface area contributed by atoms with Gasteiger partial charge in [0.15, 0.2) is 11.4 Å². The molecule has 1 amide bonds. The standard InChI is InChI=1S/C26H20ClNO9/c27-13-6-7-14(29)18-17(13)21(37-25(35)10-4-2-1-3-5-10)12-8-11-9-15(30)19(24(28)34)23(33)26(11,36)22(32)16(12)20(18)31/h1-7,11-12,21,29-30,32,36H,8-9H2,(H2,28,34)/t11-,12-,21-,26-/m0/s1. The second kappa shape index (κ2) is 8.46. The molecule has 2 aromatic rings. The Morgan fingerprint density at radius 3 is 2.38 bits per heavy atom. The topological polar surface area (TPSA) is 184 Å². The average molecular weight is 526 g/mol. The van der Waals surface area contributed by atoms with E-state index in [0.717, 1.165) is 6.07 Å².